The molecule has 0 fully saturated rings. The molecule has 88 valence electrons. The maximum Gasteiger partial charge on any atom is 0.341 e. The van der Waals surface area contributed by atoms with Gasteiger partial charge < -0.3 is 10.5 Å². The topological polar surface area (TPSA) is 70.1 Å². The number of nitrogen functional groups attached to an aromatic ring is 1. The summed E-state index contributed by atoms with van der Waals surface area (Å²) in [6.07, 6.45) is 2.70. The lowest BCUT2D eigenvalue weighted by Crippen LogP contribution is -2.01. The normalized spacial score (nSPS) is 10.2. The number of ether oxygens (including phenoxy) is 1. The van der Waals surface area contributed by atoms with Gasteiger partial charge in [-0.15, -0.1) is 0 Å². The van der Waals surface area contributed by atoms with Crippen LogP contribution in [0.4, 0.5) is 10.1 Å². The first kappa shape index (κ1) is 11.1. The van der Waals surface area contributed by atoms with E-state index < -0.39 is 11.8 Å². The highest BCUT2D eigenvalue weighted by Gasteiger charge is 2.11. The van der Waals surface area contributed by atoms with Gasteiger partial charge in [-0.3, -0.25) is 0 Å². The van der Waals surface area contributed by atoms with E-state index in [-0.39, 0.29) is 11.3 Å². The van der Waals surface area contributed by atoms with E-state index in [1.807, 2.05) is 0 Å². The summed E-state index contributed by atoms with van der Waals surface area (Å²) in [6, 6.07) is 4.23. The number of aromatic nitrogens is 2. The van der Waals surface area contributed by atoms with Crippen molar-refractivity contribution < 1.29 is 13.9 Å². The fourth-order valence-corrected chi connectivity index (χ4v) is 1.39. The summed E-state index contributed by atoms with van der Waals surface area (Å²) in [5.74, 6) is -1.03. The van der Waals surface area contributed by atoms with E-state index in [0.29, 0.717) is 5.69 Å². The average molecular weight is 235 g/mol. The molecule has 0 atom stereocenters. The van der Waals surface area contributed by atoms with E-state index in [0.717, 1.165) is 0 Å². The summed E-state index contributed by atoms with van der Waals surface area (Å²) in [7, 11) is 1.27. The van der Waals surface area contributed by atoms with Crippen molar-refractivity contribution in [1.82, 2.24) is 9.78 Å². The second-order valence-electron chi connectivity index (χ2n) is 3.38. The van der Waals surface area contributed by atoms with Crippen LogP contribution in [0.2, 0.25) is 0 Å². The number of nitrogens with two attached hydrogens (primary N) is 1. The zero-order valence-corrected chi connectivity index (χ0v) is 9.05. The van der Waals surface area contributed by atoms with Gasteiger partial charge in [0.15, 0.2) is 5.82 Å². The molecule has 17 heavy (non-hydrogen) atoms. The Morgan fingerprint density at radius 3 is 2.94 bits per heavy atom. The van der Waals surface area contributed by atoms with Gasteiger partial charge in [0.05, 0.1) is 18.9 Å². The van der Waals surface area contributed by atoms with E-state index in [9.17, 15) is 9.18 Å². The van der Waals surface area contributed by atoms with E-state index in [1.54, 1.807) is 6.07 Å². The Bertz CT molecular complexity index is 566. The van der Waals surface area contributed by atoms with E-state index in [4.69, 9.17) is 5.73 Å². The molecule has 0 saturated heterocycles. The van der Waals surface area contributed by atoms with Gasteiger partial charge in [0.2, 0.25) is 0 Å². The highest BCUT2D eigenvalue weighted by Crippen LogP contribution is 2.16. The smallest absolute Gasteiger partial charge is 0.341 e. The molecule has 1 heterocycles. The Morgan fingerprint density at radius 1 is 1.53 bits per heavy atom. The minimum Gasteiger partial charge on any atom is -0.465 e. The van der Waals surface area contributed by atoms with Crippen LogP contribution < -0.4 is 5.73 Å². The molecular weight excluding hydrogens is 225 g/mol. The third-order valence-electron chi connectivity index (χ3n) is 2.22. The maximum atomic E-state index is 13.6. The first-order valence-electron chi connectivity index (χ1n) is 4.80. The van der Waals surface area contributed by atoms with Crippen LogP contribution in [-0.2, 0) is 4.74 Å². The lowest BCUT2D eigenvalue weighted by atomic mass is 10.2. The summed E-state index contributed by atoms with van der Waals surface area (Å²) >= 11 is 0. The van der Waals surface area contributed by atoms with Crippen molar-refractivity contribution in [1.29, 1.82) is 0 Å². The lowest BCUT2D eigenvalue weighted by molar-refractivity contribution is 0.0600. The molecule has 1 aromatic carbocycles. The number of rotatable bonds is 2. The third-order valence-corrected chi connectivity index (χ3v) is 2.22. The number of anilines is 1. The predicted octanol–water partition coefficient (Wildman–Crippen LogP) is 1.38. The first-order valence-corrected chi connectivity index (χ1v) is 4.80. The standard InChI is InChI=1S/C11H10FN3O2/c1-17-11(16)7-5-14-15(6-7)10-3-2-8(13)4-9(10)12/h2-6H,13H2,1H3. The lowest BCUT2D eigenvalue weighted by Gasteiger charge is -2.03. The largest absolute Gasteiger partial charge is 0.465 e. The summed E-state index contributed by atoms with van der Waals surface area (Å²) in [6.45, 7) is 0. The van der Waals surface area contributed by atoms with Crippen molar-refractivity contribution in [2.75, 3.05) is 12.8 Å². The van der Waals surface area contributed by atoms with Gasteiger partial charge in [-0.25, -0.2) is 13.9 Å². The number of benzene rings is 1. The predicted molar refractivity (Wildman–Crippen MR) is 59.3 cm³/mol. The quantitative estimate of drug-likeness (QED) is 0.630. The number of carbonyl (C=O) groups excluding carboxylic acids is 1. The molecule has 0 bridgehead atoms. The van der Waals surface area contributed by atoms with Crippen molar-refractivity contribution in [2.24, 2.45) is 0 Å². The van der Waals surface area contributed by atoms with Crippen molar-refractivity contribution in [3.63, 3.8) is 0 Å². The van der Waals surface area contributed by atoms with Crippen LogP contribution in [0.5, 0.6) is 0 Å². The molecule has 0 saturated carbocycles. The zero-order valence-electron chi connectivity index (χ0n) is 9.05. The second kappa shape index (κ2) is 4.25. The molecule has 0 aliphatic heterocycles. The minimum atomic E-state index is -0.521. The summed E-state index contributed by atoms with van der Waals surface area (Å²) in [5, 5.41) is 3.88. The molecule has 0 aliphatic rings. The number of esters is 1. The monoisotopic (exact) mass is 235 g/mol. The number of nitrogens with zero attached hydrogens (tertiary/aromatic N) is 2. The van der Waals surface area contributed by atoms with Crippen LogP contribution in [0.1, 0.15) is 10.4 Å². The number of halogens is 1. The van der Waals surface area contributed by atoms with Crippen molar-refractivity contribution in [2.45, 2.75) is 0 Å². The Hall–Kier alpha value is -2.37. The minimum absolute atomic E-state index is 0.217. The highest BCUT2D eigenvalue weighted by atomic mass is 19.1. The van der Waals surface area contributed by atoms with Gasteiger partial charge >= 0.3 is 5.97 Å². The summed E-state index contributed by atoms with van der Waals surface area (Å²) < 4.78 is 19.4. The SMILES string of the molecule is COC(=O)c1cnn(-c2ccc(N)cc2F)c1. The number of carbonyl (C=O) groups is 1. The fourth-order valence-electron chi connectivity index (χ4n) is 1.39. The van der Waals surface area contributed by atoms with Crippen molar-refractivity contribution in [3.05, 3.63) is 42.0 Å². The molecule has 5 nitrogen and oxygen atoms in total. The molecule has 0 unspecified atom stereocenters. The Labute approximate surface area is 96.6 Å². The molecule has 6 heteroatoms. The fraction of sp³-hybridized carbons (Fsp3) is 0.0909. The van der Waals surface area contributed by atoms with Crippen LogP contribution in [0.3, 0.4) is 0 Å². The Kier molecular flexibility index (Phi) is 2.78. The molecule has 0 amide bonds. The van der Waals surface area contributed by atoms with Gasteiger partial charge in [0, 0.05) is 11.9 Å². The van der Waals surface area contributed by atoms with E-state index in [2.05, 4.69) is 9.84 Å². The van der Waals surface area contributed by atoms with Crippen LogP contribution in [-0.4, -0.2) is 22.9 Å². The number of hydrogen-bond donors (Lipinski definition) is 1. The van der Waals surface area contributed by atoms with Crippen molar-refractivity contribution in [3.8, 4) is 5.69 Å². The van der Waals surface area contributed by atoms with Crippen LogP contribution >= 0.6 is 0 Å². The molecule has 0 spiro atoms. The molecule has 0 radical (unpaired) electrons. The van der Waals surface area contributed by atoms with Crippen molar-refractivity contribution >= 4 is 11.7 Å². The molecular formula is C11H10FN3O2. The highest BCUT2D eigenvalue weighted by molar-refractivity contribution is 5.88. The Morgan fingerprint density at radius 2 is 2.29 bits per heavy atom. The van der Waals surface area contributed by atoms with Crippen LogP contribution in [0.25, 0.3) is 5.69 Å². The molecule has 1 aromatic heterocycles. The average Bonchev–Trinajstić information content (AvgIpc) is 2.77. The molecule has 0 aliphatic carbocycles. The molecule has 2 rings (SSSR count). The van der Waals surface area contributed by atoms with E-state index >= 15 is 0 Å². The van der Waals surface area contributed by atoms with Crippen LogP contribution in [0.15, 0.2) is 30.6 Å². The maximum absolute atomic E-state index is 13.6. The number of methoxy groups -OCH3 is 1. The first-order chi connectivity index (χ1) is 8.11. The molecule has 2 N–H and O–H groups in total. The zero-order chi connectivity index (χ0) is 12.4. The number of hydrogen-bond acceptors (Lipinski definition) is 4. The van der Waals surface area contributed by atoms with Gasteiger partial charge in [0.1, 0.15) is 5.69 Å². The Balaban J connectivity index is 2.40. The molecule has 2 aromatic rings. The summed E-state index contributed by atoms with van der Waals surface area (Å²) in [5.41, 5.74) is 6.23. The van der Waals surface area contributed by atoms with Crippen LogP contribution in [0, 0.1) is 5.82 Å². The van der Waals surface area contributed by atoms with Gasteiger partial charge in [0.25, 0.3) is 0 Å². The van der Waals surface area contributed by atoms with Gasteiger partial charge in [-0.1, -0.05) is 0 Å². The van der Waals surface area contributed by atoms with Gasteiger partial charge in [-0.05, 0) is 18.2 Å². The summed E-state index contributed by atoms with van der Waals surface area (Å²) in [4.78, 5) is 11.2. The third kappa shape index (κ3) is 2.10. The van der Waals surface area contributed by atoms with Gasteiger partial charge in [-0.2, -0.15) is 5.10 Å². The second-order valence-corrected chi connectivity index (χ2v) is 3.38. The van der Waals surface area contributed by atoms with E-state index in [1.165, 1.54) is 36.3 Å².